The molecule has 0 aliphatic carbocycles. The van der Waals surface area contributed by atoms with Crippen LogP contribution in [0.2, 0.25) is 0 Å². The van der Waals surface area contributed by atoms with Crippen LogP contribution in [-0.2, 0) is 7.05 Å². The summed E-state index contributed by atoms with van der Waals surface area (Å²) in [7, 11) is 1.72. The summed E-state index contributed by atoms with van der Waals surface area (Å²) in [4.78, 5) is 22.1. The lowest BCUT2D eigenvalue weighted by atomic mass is 10.2. The lowest BCUT2D eigenvalue weighted by molar-refractivity contribution is -0.384. The summed E-state index contributed by atoms with van der Waals surface area (Å²) >= 11 is 3.19. The summed E-state index contributed by atoms with van der Waals surface area (Å²) < 4.78 is 2.02. The molecule has 0 aliphatic rings. The highest BCUT2D eigenvalue weighted by atomic mass is 79.9. The number of hydrogen-bond donors (Lipinski definition) is 1. The van der Waals surface area contributed by atoms with Gasteiger partial charge in [0.1, 0.15) is 0 Å². The van der Waals surface area contributed by atoms with Gasteiger partial charge < -0.3 is 5.32 Å². The predicted octanol–water partition coefficient (Wildman–Crippen LogP) is 2.34. The van der Waals surface area contributed by atoms with Gasteiger partial charge in [-0.2, -0.15) is 5.10 Å². The molecular formula is C11H9BrN4O3. The molecule has 0 bridgehead atoms. The van der Waals surface area contributed by atoms with Gasteiger partial charge >= 0.3 is 0 Å². The van der Waals surface area contributed by atoms with Gasteiger partial charge in [0.2, 0.25) is 0 Å². The van der Waals surface area contributed by atoms with Gasteiger partial charge in [0, 0.05) is 35.9 Å². The van der Waals surface area contributed by atoms with Crippen molar-refractivity contribution in [1.29, 1.82) is 0 Å². The Morgan fingerprint density at radius 3 is 2.79 bits per heavy atom. The molecule has 0 fully saturated rings. The van der Waals surface area contributed by atoms with Crippen LogP contribution in [0.25, 0.3) is 0 Å². The fourth-order valence-electron chi connectivity index (χ4n) is 1.47. The number of nitrogens with zero attached hydrogens (tertiary/aromatic N) is 3. The number of carbonyl (C=O) groups is 1. The van der Waals surface area contributed by atoms with Crippen LogP contribution in [0.3, 0.4) is 0 Å². The first kappa shape index (κ1) is 13.2. The van der Waals surface area contributed by atoms with Crippen LogP contribution in [-0.4, -0.2) is 20.6 Å². The molecule has 2 rings (SSSR count). The molecule has 1 heterocycles. The van der Waals surface area contributed by atoms with Gasteiger partial charge in [-0.25, -0.2) is 0 Å². The van der Waals surface area contributed by atoms with E-state index in [4.69, 9.17) is 0 Å². The molecule has 1 aromatic heterocycles. The van der Waals surface area contributed by atoms with Gasteiger partial charge in [0.15, 0.2) is 5.82 Å². The van der Waals surface area contributed by atoms with E-state index in [0.29, 0.717) is 10.3 Å². The maximum absolute atomic E-state index is 12.0. The Morgan fingerprint density at radius 1 is 1.47 bits per heavy atom. The van der Waals surface area contributed by atoms with Gasteiger partial charge in [-0.3, -0.25) is 19.6 Å². The standard InChI is InChI=1S/C11H9BrN4O3/c1-15-5-4-10(14-15)13-11(17)8-6-7(16(18)19)2-3-9(8)12/h2-6H,1H3,(H,13,14,17). The molecule has 1 amide bonds. The fraction of sp³-hybridized carbons (Fsp3) is 0.0909. The van der Waals surface area contributed by atoms with E-state index in [1.54, 1.807) is 19.3 Å². The Balaban J connectivity index is 2.27. The molecule has 7 nitrogen and oxygen atoms in total. The number of nitrogens with one attached hydrogen (secondary N) is 1. The smallest absolute Gasteiger partial charge is 0.270 e. The van der Waals surface area contributed by atoms with E-state index >= 15 is 0 Å². The lowest BCUT2D eigenvalue weighted by Crippen LogP contribution is -2.13. The predicted molar refractivity (Wildman–Crippen MR) is 72.0 cm³/mol. The Hall–Kier alpha value is -2.22. The van der Waals surface area contributed by atoms with Gasteiger partial charge in [0.05, 0.1) is 10.5 Å². The second kappa shape index (κ2) is 5.19. The topological polar surface area (TPSA) is 90.1 Å². The summed E-state index contributed by atoms with van der Waals surface area (Å²) in [5, 5.41) is 17.3. The minimum absolute atomic E-state index is 0.144. The van der Waals surface area contributed by atoms with Crippen molar-refractivity contribution in [2.24, 2.45) is 7.05 Å². The number of amides is 1. The monoisotopic (exact) mass is 324 g/mol. The minimum Gasteiger partial charge on any atom is -0.305 e. The average molecular weight is 325 g/mol. The highest BCUT2D eigenvalue weighted by molar-refractivity contribution is 9.10. The zero-order valence-corrected chi connectivity index (χ0v) is 11.4. The van der Waals surface area contributed by atoms with Crippen molar-refractivity contribution < 1.29 is 9.72 Å². The molecule has 0 unspecified atom stereocenters. The van der Waals surface area contributed by atoms with Crippen molar-refractivity contribution in [2.45, 2.75) is 0 Å². The highest BCUT2D eigenvalue weighted by Gasteiger charge is 2.16. The van der Waals surface area contributed by atoms with Crippen LogP contribution in [0.15, 0.2) is 34.9 Å². The third-order valence-electron chi connectivity index (χ3n) is 2.36. The molecule has 0 atom stereocenters. The first-order valence-electron chi connectivity index (χ1n) is 5.22. The lowest BCUT2D eigenvalue weighted by Gasteiger charge is -2.04. The maximum Gasteiger partial charge on any atom is 0.270 e. The Bertz CT molecular complexity index is 653. The van der Waals surface area contributed by atoms with Crippen LogP contribution < -0.4 is 5.32 Å². The number of aryl methyl sites for hydroxylation is 1. The normalized spacial score (nSPS) is 10.2. The average Bonchev–Trinajstić information content (AvgIpc) is 2.74. The van der Waals surface area contributed by atoms with E-state index in [2.05, 4.69) is 26.3 Å². The Kier molecular flexibility index (Phi) is 3.61. The number of benzene rings is 1. The summed E-state index contributed by atoms with van der Waals surface area (Å²) in [6.07, 6.45) is 1.68. The molecule has 0 saturated carbocycles. The van der Waals surface area contributed by atoms with E-state index < -0.39 is 10.8 Å². The number of non-ortho nitro benzene ring substituents is 1. The van der Waals surface area contributed by atoms with Crippen molar-refractivity contribution in [3.63, 3.8) is 0 Å². The zero-order chi connectivity index (χ0) is 14.0. The molecule has 0 spiro atoms. The third-order valence-corrected chi connectivity index (χ3v) is 3.05. The number of halogens is 1. The molecule has 1 aromatic carbocycles. The number of hydrogen-bond acceptors (Lipinski definition) is 4. The van der Waals surface area contributed by atoms with Gasteiger partial charge in [-0.05, 0) is 22.0 Å². The van der Waals surface area contributed by atoms with Crippen LogP contribution in [0.1, 0.15) is 10.4 Å². The molecule has 8 heteroatoms. The quantitative estimate of drug-likeness (QED) is 0.693. The van der Waals surface area contributed by atoms with E-state index in [9.17, 15) is 14.9 Å². The molecule has 0 aliphatic heterocycles. The second-order valence-electron chi connectivity index (χ2n) is 3.75. The number of rotatable bonds is 3. The number of aromatic nitrogens is 2. The van der Waals surface area contributed by atoms with Crippen molar-refractivity contribution in [3.8, 4) is 0 Å². The summed E-state index contributed by atoms with van der Waals surface area (Å²) in [5.41, 5.74) is 0.0363. The Labute approximate surface area is 116 Å². The van der Waals surface area contributed by atoms with Crippen LogP contribution in [0.4, 0.5) is 11.5 Å². The summed E-state index contributed by atoms with van der Waals surface area (Å²) in [5.74, 6) is -0.0832. The maximum atomic E-state index is 12.0. The number of carbonyl (C=O) groups excluding carboxylic acids is 1. The number of anilines is 1. The molecule has 19 heavy (non-hydrogen) atoms. The van der Waals surface area contributed by atoms with Crippen LogP contribution >= 0.6 is 15.9 Å². The first-order chi connectivity index (χ1) is 8.97. The van der Waals surface area contributed by atoms with Gasteiger partial charge in [-0.1, -0.05) is 0 Å². The van der Waals surface area contributed by atoms with Gasteiger partial charge in [-0.15, -0.1) is 0 Å². The molecule has 0 radical (unpaired) electrons. The SMILES string of the molecule is Cn1ccc(NC(=O)c2cc([N+](=O)[O-])ccc2Br)n1. The fourth-order valence-corrected chi connectivity index (χ4v) is 1.89. The van der Waals surface area contributed by atoms with Crippen LogP contribution in [0.5, 0.6) is 0 Å². The minimum atomic E-state index is -0.552. The van der Waals surface area contributed by atoms with E-state index in [-0.39, 0.29) is 11.3 Å². The molecule has 0 saturated heterocycles. The third kappa shape index (κ3) is 2.97. The largest absolute Gasteiger partial charge is 0.305 e. The van der Waals surface area contributed by atoms with Crippen molar-refractivity contribution in [3.05, 3.63) is 50.6 Å². The van der Waals surface area contributed by atoms with Crippen molar-refractivity contribution in [2.75, 3.05) is 5.32 Å². The molecular weight excluding hydrogens is 316 g/mol. The van der Waals surface area contributed by atoms with E-state index in [1.165, 1.54) is 22.9 Å². The van der Waals surface area contributed by atoms with E-state index in [1.807, 2.05) is 0 Å². The summed E-state index contributed by atoms with van der Waals surface area (Å²) in [6, 6.07) is 5.62. The highest BCUT2D eigenvalue weighted by Crippen LogP contribution is 2.23. The summed E-state index contributed by atoms with van der Waals surface area (Å²) in [6.45, 7) is 0. The molecule has 2 aromatic rings. The Morgan fingerprint density at radius 2 is 2.21 bits per heavy atom. The second-order valence-corrected chi connectivity index (χ2v) is 4.60. The van der Waals surface area contributed by atoms with Crippen molar-refractivity contribution >= 4 is 33.3 Å². The van der Waals surface area contributed by atoms with Gasteiger partial charge in [0.25, 0.3) is 11.6 Å². The number of nitro groups is 1. The van der Waals surface area contributed by atoms with Crippen LogP contribution in [0, 0.1) is 10.1 Å². The number of nitro benzene ring substituents is 1. The molecule has 1 N–H and O–H groups in total. The van der Waals surface area contributed by atoms with Crippen molar-refractivity contribution in [1.82, 2.24) is 9.78 Å². The first-order valence-corrected chi connectivity index (χ1v) is 6.01. The zero-order valence-electron chi connectivity index (χ0n) is 9.83. The molecule has 98 valence electrons. The van der Waals surface area contributed by atoms with E-state index in [0.717, 1.165) is 0 Å².